The first kappa shape index (κ1) is 21.3. The largest absolute Gasteiger partial charge is 0.379 e. The summed E-state index contributed by atoms with van der Waals surface area (Å²) in [7, 11) is -1.50. The number of aliphatic hydroxyl groups is 1. The molecule has 8 heteroatoms. The zero-order chi connectivity index (χ0) is 18.7. The first-order valence-electron chi connectivity index (χ1n) is 8.33. The van der Waals surface area contributed by atoms with Crippen LogP contribution >= 0.6 is 0 Å². The lowest BCUT2D eigenvalue weighted by molar-refractivity contribution is -0.129. The molecule has 2 unspecified atom stereocenters. The Balaban J connectivity index is 2.35. The van der Waals surface area contributed by atoms with Crippen molar-refractivity contribution in [3.05, 3.63) is 29.8 Å². The molecule has 0 saturated carbocycles. The second-order valence-corrected chi connectivity index (χ2v) is 7.46. The number of rotatable bonds is 12. The molecule has 140 valence electrons. The number of nitrogens with one attached hydrogen (secondary N) is 1. The topological polar surface area (TPSA) is 130 Å². The maximum atomic E-state index is 12.3. The van der Waals surface area contributed by atoms with Gasteiger partial charge in [0.25, 0.3) is 0 Å². The van der Waals surface area contributed by atoms with E-state index in [2.05, 4.69) is 0 Å². The van der Waals surface area contributed by atoms with E-state index in [1.165, 1.54) is 0 Å². The van der Waals surface area contributed by atoms with Crippen molar-refractivity contribution in [2.24, 2.45) is 5.73 Å². The Morgan fingerprint density at radius 1 is 1.08 bits per heavy atom. The van der Waals surface area contributed by atoms with Crippen molar-refractivity contribution in [2.45, 2.75) is 61.7 Å². The molecular formula is C17H26N2O5S. The molecular weight excluding hydrogens is 344 g/mol. The number of hydrogen-bond acceptors (Lipinski definition) is 5. The summed E-state index contributed by atoms with van der Waals surface area (Å²) < 4.78 is 12.3. The Bertz CT molecular complexity index is 577. The lowest BCUT2D eigenvalue weighted by atomic mass is 10.1. The summed E-state index contributed by atoms with van der Waals surface area (Å²) in [6.07, 6.45) is 4.63. The van der Waals surface area contributed by atoms with Crippen molar-refractivity contribution in [1.29, 1.82) is 0 Å². The second kappa shape index (κ2) is 11.7. The molecule has 25 heavy (non-hydrogen) atoms. The molecule has 0 bridgehead atoms. The van der Waals surface area contributed by atoms with E-state index in [9.17, 15) is 18.9 Å². The zero-order valence-corrected chi connectivity index (χ0v) is 15.0. The number of amides is 2. The normalized spacial score (nSPS) is 13.2. The van der Waals surface area contributed by atoms with Gasteiger partial charge in [0.15, 0.2) is 0 Å². The highest BCUT2D eigenvalue weighted by Crippen LogP contribution is 2.17. The quantitative estimate of drug-likeness (QED) is 0.251. The molecule has 0 aliphatic heterocycles. The fourth-order valence-electron chi connectivity index (χ4n) is 2.34. The molecule has 2 amide bonds. The predicted molar refractivity (Wildman–Crippen MR) is 94.0 cm³/mol. The van der Waals surface area contributed by atoms with E-state index in [1.54, 1.807) is 29.7 Å². The number of benzene rings is 1. The molecule has 0 saturated heterocycles. The van der Waals surface area contributed by atoms with Crippen molar-refractivity contribution in [3.63, 3.8) is 0 Å². The first-order chi connectivity index (χ1) is 11.9. The van der Waals surface area contributed by atoms with E-state index in [-0.39, 0.29) is 12.3 Å². The number of primary amides is 1. The van der Waals surface area contributed by atoms with Crippen LogP contribution in [0.5, 0.6) is 0 Å². The number of aliphatic hydroxyl groups excluding tert-OH is 1. The van der Waals surface area contributed by atoms with E-state index in [0.29, 0.717) is 24.2 Å². The zero-order valence-electron chi connectivity index (χ0n) is 14.1. The Morgan fingerprint density at radius 2 is 1.72 bits per heavy atom. The van der Waals surface area contributed by atoms with Crippen LogP contribution in [0.1, 0.15) is 50.5 Å². The number of unbranched alkanes of at least 4 members (excludes halogenated alkanes) is 3. The van der Waals surface area contributed by atoms with E-state index in [0.717, 1.165) is 31.2 Å². The molecule has 1 rings (SSSR count). The van der Waals surface area contributed by atoms with Gasteiger partial charge in [-0.05, 0) is 43.4 Å². The summed E-state index contributed by atoms with van der Waals surface area (Å²) >= 11 is 0. The Morgan fingerprint density at radius 3 is 2.32 bits per heavy atom. The summed E-state index contributed by atoms with van der Waals surface area (Å²) in [5.74, 6) is -0.763. The van der Waals surface area contributed by atoms with Gasteiger partial charge in [-0.15, -0.1) is 0 Å². The second-order valence-electron chi connectivity index (χ2n) is 5.85. The van der Waals surface area contributed by atoms with Crippen LogP contribution in [0.3, 0.4) is 0 Å². The minimum absolute atomic E-state index is 0.164. The van der Waals surface area contributed by atoms with Crippen LogP contribution in [0.15, 0.2) is 29.2 Å². The summed E-state index contributed by atoms with van der Waals surface area (Å²) in [4.78, 5) is 22.1. The van der Waals surface area contributed by atoms with Gasteiger partial charge in [0.05, 0.1) is 10.8 Å². The van der Waals surface area contributed by atoms with Crippen LogP contribution < -0.4 is 11.2 Å². The van der Waals surface area contributed by atoms with Gasteiger partial charge in [-0.2, -0.15) is 0 Å². The molecule has 1 aromatic rings. The molecule has 2 atom stereocenters. The molecule has 0 aliphatic rings. The molecule has 0 radical (unpaired) electrons. The van der Waals surface area contributed by atoms with Gasteiger partial charge in [-0.25, -0.2) is 5.48 Å². The lowest BCUT2D eigenvalue weighted by Crippen LogP contribution is -2.18. The number of hydrogen-bond donors (Lipinski definition) is 4. The van der Waals surface area contributed by atoms with Crippen molar-refractivity contribution < 1.29 is 24.1 Å². The number of carbonyl (C=O) groups is 2. The average molecular weight is 370 g/mol. The summed E-state index contributed by atoms with van der Waals surface area (Å²) in [5.41, 5.74) is 6.59. The molecule has 1 aromatic carbocycles. The van der Waals surface area contributed by atoms with Crippen LogP contribution in [-0.4, -0.2) is 31.8 Å². The van der Waals surface area contributed by atoms with Crippen LogP contribution in [0.2, 0.25) is 0 Å². The smallest absolute Gasteiger partial charge is 0.243 e. The summed E-state index contributed by atoms with van der Waals surface area (Å²) in [6, 6.07) is 6.87. The van der Waals surface area contributed by atoms with Gasteiger partial charge in [0.2, 0.25) is 11.8 Å². The van der Waals surface area contributed by atoms with Gasteiger partial charge >= 0.3 is 0 Å². The maximum absolute atomic E-state index is 12.3. The first-order valence-corrected chi connectivity index (χ1v) is 9.54. The van der Waals surface area contributed by atoms with Gasteiger partial charge in [0.1, 0.15) is 5.44 Å². The summed E-state index contributed by atoms with van der Waals surface area (Å²) in [5, 5.41) is 18.5. The van der Waals surface area contributed by atoms with E-state index >= 15 is 0 Å². The van der Waals surface area contributed by atoms with Gasteiger partial charge in [-0.3, -0.25) is 19.0 Å². The van der Waals surface area contributed by atoms with Crippen LogP contribution in [-0.2, 0) is 26.8 Å². The molecule has 0 fully saturated rings. The third-order valence-electron chi connectivity index (χ3n) is 3.79. The molecule has 5 N–H and O–H groups in total. The highest BCUT2D eigenvalue weighted by Gasteiger charge is 2.15. The predicted octanol–water partition coefficient (Wildman–Crippen LogP) is 1.38. The third kappa shape index (κ3) is 8.76. The van der Waals surface area contributed by atoms with E-state index < -0.39 is 22.1 Å². The van der Waals surface area contributed by atoms with E-state index in [1.807, 2.05) is 0 Å². The fourth-order valence-corrected chi connectivity index (χ4v) is 3.44. The highest BCUT2D eigenvalue weighted by atomic mass is 32.2. The Kier molecular flexibility index (Phi) is 9.98. The van der Waals surface area contributed by atoms with Gasteiger partial charge in [-0.1, -0.05) is 25.0 Å². The number of hydroxylamine groups is 1. The van der Waals surface area contributed by atoms with Gasteiger partial charge < -0.3 is 10.8 Å². The number of aryl methyl sites for hydroxylation is 1. The van der Waals surface area contributed by atoms with Crippen LogP contribution in [0.25, 0.3) is 0 Å². The fraction of sp³-hybridized carbons (Fsp3) is 0.529. The van der Waals surface area contributed by atoms with E-state index in [4.69, 9.17) is 10.9 Å². The molecule has 0 spiro atoms. The standard InChI is InChI=1S/C17H26N2O5S/c18-15(20)5-3-1-2-4-6-17(22)25(24)14-10-7-13(8-11-14)9-12-16(21)19-23/h7-8,10-11,17,22-23H,1-6,9,12H2,(H2,18,20)(H,19,21). The van der Waals surface area contributed by atoms with Crippen molar-refractivity contribution in [3.8, 4) is 0 Å². The van der Waals surface area contributed by atoms with Crippen molar-refractivity contribution in [2.75, 3.05) is 0 Å². The molecule has 0 aromatic heterocycles. The minimum atomic E-state index is -1.50. The monoisotopic (exact) mass is 370 g/mol. The Hall–Kier alpha value is -1.77. The van der Waals surface area contributed by atoms with Crippen LogP contribution in [0.4, 0.5) is 0 Å². The van der Waals surface area contributed by atoms with Crippen molar-refractivity contribution >= 4 is 22.6 Å². The van der Waals surface area contributed by atoms with Crippen molar-refractivity contribution in [1.82, 2.24) is 5.48 Å². The van der Waals surface area contributed by atoms with Crippen LogP contribution in [0, 0.1) is 0 Å². The summed E-state index contributed by atoms with van der Waals surface area (Å²) in [6.45, 7) is 0. The third-order valence-corrected chi connectivity index (χ3v) is 5.26. The lowest BCUT2D eigenvalue weighted by Gasteiger charge is -2.11. The molecule has 0 aliphatic carbocycles. The average Bonchev–Trinajstić information content (AvgIpc) is 2.61. The Labute approximate surface area is 150 Å². The number of nitrogens with two attached hydrogens (primary N) is 1. The maximum Gasteiger partial charge on any atom is 0.243 e. The van der Waals surface area contributed by atoms with Gasteiger partial charge in [0, 0.05) is 17.7 Å². The number of carbonyl (C=O) groups excluding carboxylic acids is 2. The minimum Gasteiger partial charge on any atom is -0.379 e. The molecule has 0 heterocycles. The highest BCUT2D eigenvalue weighted by molar-refractivity contribution is 7.85. The SMILES string of the molecule is NC(=O)CCCCCCC(O)S(=O)c1ccc(CCC(=O)NO)cc1. The molecule has 7 nitrogen and oxygen atoms in total.